The molecule has 1 aliphatic heterocycles. The molecule has 0 amide bonds. The first-order valence-electron chi connectivity index (χ1n) is 5.70. The van der Waals surface area contributed by atoms with Crippen molar-refractivity contribution in [2.24, 2.45) is 5.73 Å². The fourth-order valence-corrected chi connectivity index (χ4v) is 3.41. The lowest BCUT2D eigenvalue weighted by molar-refractivity contribution is 0.0651. The number of hydrogen-bond donors (Lipinski definition) is 2. The quantitative estimate of drug-likeness (QED) is 0.736. The number of aliphatic hydroxyl groups is 1. The lowest BCUT2D eigenvalue weighted by Gasteiger charge is -2.21. The fourth-order valence-electron chi connectivity index (χ4n) is 1.94. The predicted octanol–water partition coefficient (Wildman–Crippen LogP) is -0.963. The van der Waals surface area contributed by atoms with E-state index in [1.165, 1.54) is 16.4 Å². The van der Waals surface area contributed by atoms with E-state index in [9.17, 15) is 13.5 Å². The molecule has 0 aliphatic carbocycles. The Bertz CT molecular complexity index is 608. The van der Waals surface area contributed by atoms with Crippen LogP contribution in [0.5, 0.6) is 0 Å². The van der Waals surface area contributed by atoms with Gasteiger partial charge in [-0.05, 0) is 18.6 Å². The first-order valence-corrected chi connectivity index (χ1v) is 7.14. The van der Waals surface area contributed by atoms with E-state index in [4.69, 9.17) is 11.0 Å². The van der Waals surface area contributed by atoms with Crippen molar-refractivity contribution in [3.8, 4) is 6.07 Å². The van der Waals surface area contributed by atoms with Crippen LogP contribution in [0.15, 0.2) is 23.2 Å². The molecule has 0 aromatic carbocycles. The molecule has 0 bridgehead atoms. The van der Waals surface area contributed by atoms with Gasteiger partial charge < -0.3 is 10.8 Å². The Morgan fingerprint density at radius 1 is 1.58 bits per heavy atom. The number of pyridine rings is 1. The minimum atomic E-state index is -3.70. The van der Waals surface area contributed by atoms with Crippen LogP contribution in [0.1, 0.15) is 12.1 Å². The molecule has 102 valence electrons. The van der Waals surface area contributed by atoms with Gasteiger partial charge in [0.15, 0.2) is 0 Å². The molecule has 1 atom stereocenters. The van der Waals surface area contributed by atoms with Gasteiger partial charge >= 0.3 is 0 Å². The van der Waals surface area contributed by atoms with Gasteiger partial charge in [0.05, 0.1) is 5.60 Å². The van der Waals surface area contributed by atoms with Gasteiger partial charge in [0, 0.05) is 25.8 Å². The Morgan fingerprint density at radius 2 is 2.32 bits per heavy atom. The molecule has 1 aromatic heterocycles. The van der Waals surface area contributed by atoms with Gasteiger partial charge in [-0.1, -0.05) is 0 Å². The Hall–Kier alpha value is -1.53. The van der Waals surface area contributed by atoms with E-state index in [2.05, 4.69) is 4.98 Å². The van der Waals surface area contributed by atoms with E-state index in [1.807, 2.05) is 6.07 Å². The van der Waals surface area contributed by atoms with Crippen molar-refractivity contribution >= 4 is 10.0 Å². The molecule has 7 nitrogen and oxygen atoms in total. The van der Waals surface area contributed by atoms with E-state index >= 15 is 0 Å². The number of nitrogens with two attached hydrogens (primary N) is 1. The average Bonchev–Trinajstić information content (AvgIpc) is 2.83. The summed E-state index contributed by atoms with van der Waals surface area (Å²) < 4.78 is 25.8. The Kier molecular flexibility index (Phi) is 3.56. The summed E-state index contributed by atoms with van der Waals surface area (Å²) in [5.41, 5.74) is 4.42. The summed E-state index contributed by atoms with van der Waals surface area (Å²) in [6, 6.07) is 4.50. The molecule has 1 aromatic rings. The van der Waals surface area contributed by atoms with Crippen LogP contribution >= 0.6 is 0 Å². The molecule has 19 heavy (non-hydrogen) atoms. The van der Waals surface area contributed by atoms with Gasteiger partial charge in [-0.2, -0.15) is 9.57 Å². The Labute approximate surface area is 111 Å². The number of β-amino-alcohol motifs (C(OH)–C–C–N with tert-alkyl or cyclic N) is 1. The summed E-state index contributed by atoms with van der Waals surface area (Å²) in [7, 11) is -3.70. The van der Waals surface area contributed by atoms with Crippen LogP contribution in [-0.4, -0.2) is 48.0 Å². The molecule has 8 heteroatoms. The summed E-state index contributed by atoms with van der Waals surface area (Å²) in [6.45, 7) is 0.215. The van der Waals surface area contributed by atoms with Crippen molar-refractivity contribution in [2.75, 3.05) is 19.6 Å². The molecule has 1 aliphatic rings. The van der Waals surface area contributed by atoms with Gasteiger partial charge in [-0.25, -0.2) is 13.4 Å². The SMILES string of the molecule is N#Cc1ccc(S(=O)(=O)N2CC[C@](O)(CN)C2)cn1. The Morgan fingerprint density at radius 3 is 2.79 bits per heavy atom. The normalized spacial score (nSPS) is 24.3. The van der Waals surface area contributed by atoms with Crippen LogP contribution in [0.25, 0.3) is 0 Å². The minimum absolute atomic E-state index is 0.00720. The zero-order chi connectivity index (χ0) is 14.1. The molecule has 0 spiro atoms. The third-order valence-corrected chi connectivity index (χ3v) is 4.99. The van der Waals surface area contributed by atoms with Crippen LogP contribution in [0.4, 0.5) is 0 Å². The number of rotatable bonds is 3. The molecular formula is C11H14N4O3S. The first-order chi connectivity index (χ1) is 8.91. The molecule has 0 unspecified atom stereocenters. The van der Waals surface area contributed by atoms with E-state index < -0.39 is 15.6 Å². The van der Waals surface area contributed by atoms with E-state index in [0.29, 0.717) is 6.42 Å². The lowest BCUT2D eigenvalue weighted by atomic mass is 10.1. The van der Waals surface area contributed by atoms with E-state index in [0.717, 1.165) is 6.20 Å². The highest BCUT2D eigenvalue weighted by molar-refractivity contribution is 7.89. The van der Waals surface area contributed by atoms with Crippen molar-refractivity contribution in [3.63, 3.8) is 0 Å². The number of nitriles is 1. The van der Waals surface area contributed by atoms with Crippen molar-refractivity contribution in [1.29, 1.82) is 5.26 Å². The van der Waals surface area contributed by atoms with Gasteiger partial charge in [-0.15, -0.1) is 0 Å². The molecule has 0 saturated carbocycles. The molecule has 2 heterocycles. The van der Waals surface area contributed by atoms with Crippen LogP contribution in [0.2, 0.25) is 0 Å². The standard InChI is InChI=1S/C11H14N4O3S/c12-5-9-1-2-10(6-14-9)19(17,18)15-4-3-11(16,7-13)8-15/h1-2,6,16H,3-4,7-8,13H2/t11-/m0/s1. The number of aromatic nitrogens is 1. The third kappa shape index (κ3) is 2.59. The monoisotopic (exact) mass is 282 g/mol. The first kappa shape index (κ1) is 13.9. The highest BCUT2D eigenvalue weighted by Gasteiger charge is 2.40. The average molecular weight is 282 g/mol. The van der Waals surface area contributed by atoms with Crippen LogP contribution < -0.4 is 5.73 Å². The summed E-state index contributed by atoms with van der Waals surface area (Å²) >= 11 is 0. The highest BCUT2D eigenvalue weighted by Crippen LogP contribution is 2.26. The maximum absolute atomic E-state index is 12.3. The lowest BCUT2D eigenvalue weighted by Crippen LogP contribution is -2.41. The predicted molar refractivity (Wildman–Crippen MR) is 66.3 cm³/mol. The van der Waals surface area contributed by atoms with E-state index in [1.54, 1.807) is 0 Å². The molecular weight excluding hydrogens is 268 g/mol. The maximum Gasteiger partial charge on any atom is 0.244 e. The maximum atomic E-state index is 12.3. The highest BCUT2D eigenvalue weighted by atomic mass is 32.2. The summed E-state index contributed by atoms with van der Waals surface area (Å²) in [5, 5.41) is 18.6. The summed E-state index contributed by atoms with van der Waals surface area (Å²) in [5.74, 6) is 0. The van der Waals surface area contributed by atoms with Crippen molar-refractivity contribution in [1.82, 2.24) is 9.29 Å². The van der Waals surface area contributed by atoms with Gasteiger partial charge in [-0.3, -0.25) is 0 Å². The second kappa shape index (κ2) is 4.86. The van der Waals surface area contributed by atoms with Crippen molar-refractivity contribution in [3.05, 3.63) is 24.0 Å². The zero-order valence-corrected chi connectivity index (χ0v) is 11.0. The summed E-state index contributed by atoms with van der Waals surface area (Å²) in [4.78, 5) is 3.74. The largest absolute Gasteiger partial charge is 0.387 e. The molecule has 2 rings (SSSR count). The molecule has 0 radical (unpaired) electrons. The summed E-state index contributed by atoms with van der Waals surface area (Å²) in [6.07, 6.45) is 1.46. The number of sulfonamides is 1. The topological polar surface area (TPSA) is 120 Å². The van der Waals surface area contributed by atoms with Crippen molar-refractivity contribution in [2.45, 2.75) is 16.9 Å². The second-order valence-electron chi connectivity index (χ2n) is 4.51. The second-order valence-corrected chi connectivity index (χ2v) is 6.45. The van der Waals surface area contributed by atoms with Gasteiger partial charge in [0.2, 0.25) is 10.0 Å². The molecule has 1 saturated heterocycles. The molecule has 1 fully saturated rings. The number of nitrogens with zero attached hydrogens (tertiary/aromatic N) is 3. The fraction of sp³-hybridized carbons (Fsp3) is 0.455. The Balaban J connectivity index is 2.26. The van der Waals surface area contributed by atoms with Gasteiger partial charge in [0.25, 0.3) is 0 Å². The zero-order valence-electron chi connectivity index (χ0n) is 10.2. The van der Waals surface area contributed by atoms with E-state index in [-0.39, 0.29) is 30.2 Å². The minimum Gasteiger partial charge on any atom is -0.387 e. The van der Waals surface area contributed by atoms with Crippen LogP contribution in [0, 0.1) is 11.3 Å². The van der Waals surface area contributed by atoms with Gasteiger partial charge in [0.1, 0.15) is 16.7 Å². The number of hydrogen-bond acceptors (Lipinski definition) is 6. The molecule has 3 N–H and O–H groups in total. The van der Waals surface area contributed by atoms with Crippen LogP contribution in [-0.2, 0) is 10.0 Å². The van der Waals surface area contributed by atoms with Crippen LogP contribution in [0.3, 0.4) is 0 Å². The van der Waals surface area contributed by atoms with Crippen molar-refractivity contribution < 1.29 is 13.5 Å². The smallest absolute Gasteiger partial charge is 0.244 e. The third-order valence-electron chi connectivity index (χ3n) is 3.17.